The van der Waals surface area contributed by atoms with E-state index >= 15 is 0 Å². The van der Waals surface area contributed by atoms with Crippen LogP contribution in [0.3, 0.4) is 0 Å². The molecule has 4 aromatic rings. The molecule has 2 atom stereocenters. The van der Waals surface area contributed by atoms with Crippen molar-refractivity contribution in [2.45, 2.75) is 75.3 Å². The molecule has 0 fully saturated rings. The standard InChI is InChI=1S/C42H50FN3O4.ClH/c1-41(37-30-36(50-2)21-18-32(37)29-38(46-41)40(49)45-27-28-47)23-9-24-42(33-11-5-3-6-12-33,34-13-7-4-8-14-34)25-10-26-44-39(48)22-17-31-15-19-35(43)20-16-31;/h3-8,11-16,18-21,30,38,46-47H,9-10,17,22-29H2,1-2H3,(H,44,48)(H,45,49);1H. The minimum atomic E-state index is -0.499. The topological polar surface area (TPSA) is 99.7 Å². The van der Waals surface area contributed by atoms with E-state index in [1.807, 2.05) is 18.2 Å². The van der Waals surface area contributed by atoms with Crippen LogP contribution in [-0.4, -0.2) is 49.8 Å². The van der Waals surface area contributed by atoms with E-state index in [1.165, 1.54) is 23.3 Å². The monoisotopic (exact) mass is 715 g/mol. The van der Waals surface area contributed by atoms with Gasteiger partial charge in [0.25, 0.3) is 0 Å². The average molecular weight is 716 g/mol. The van der Waals surface area contributed by atoms with Crippen molar-refractivity contribution in [2.75, 3.05) is 26.8 Å². The third kappa shape index (κ3) is 10.2. The van der Waals surface area contributed by atoms with Gasteiger partial charge in [-0.05, 0) is 97.5 Å². The molecule has 272 valence electrons. The van der Waals surface area contributed by atoms with Gasteiger partial charge in [-0.1, -0.05) is 85.3 Å². The van der Waals surface area contributed by atoms with Crippen LogP contribution in [-0.2, 0) is 33.4 Å². The molecule has 7 nitrogen and oxygen atoms in total. The third-order valence-corrected chi connectivity index (χ3v) is 10.1. The Morgan fingerprint density at radius 2 is 1.55 bits per heavy atom. The molecule has 0 aromatic heterocycles. The number of rotatable bonds is 17. The summed E-state index contributed by atoms with van der Waals surface area (Å²) < 4.78 is 18.9. The molecule has 1 aliphatic rings. The number of hydrogen-bond acceptors (Lipinski definition) is 5. The predicted molar refractivity (Wildman–Crippen MR) is 203 cm³/mol. The molecule has 0 aliphatic carbocycles. The number of benzene rings is 4. The lowest BCUT2D eigenvalue weighted by atomic mass is 9.67. The maximum atomic E-state index is 13.3. The summed E-state index contributed by atoms with van der Waals surface area (Å²) in [6.07, 6.45) is 5.59. The number of aliphatic hydroxyl groups excluding tert-OH is 1. The van der Waals surface area contributed by atoms with E-state index in [9.17, 15) is 19.1 Å². The Hall–Kier alpha value is -4.24. The van der Waals surface area contributed by atoms with Gasteiger partial charge in [-0.3, -0.25) is 14.9 Å². The molecule has 9 heteroatoms. The van der Waals surface area contributed by atoms with Gasteiger partial charge in [-0.2, -0.15) is 0 Å². The second-order valence-corrected chi connectivity index (χ2v) is 13.5. The van der Waals surface area contributed by atoms with E-state index in [2.05, 4.69) is 83.5 Å². The highest BCUT2D eigenvalue weighted by Gasteiger charge is 2.40. The third-order valence-electron chi connectivity index (χ3n) is 10.1. The van der Waals surface area contributed by atoms with Crippen molar-refractivity contribution in [1.82, 2.24) is 16.0 Å². The Morgan fingerprint density at radius 1 is 0.902 bits per heavy atom. The maximum absolute atomic E-state index is 13.3. The normalized spacial score (nSPS) is 16.7. The van der Waals surface area contributed by atoms with Crippen molar-refractivity contribution >= 4 is 24.2 Å². The summed E-state index contributed by atoms with van der Waals surface area (Å²) in [5.41, 5.74) is 4.86. The minimum absolute atomic E-state index is 0. The number of amides is 2. The zero-order valence-corrected chi connectivity index (χ0v) is 30.4. The molecule has 4 aromatic carbocycles. The van der Waals surface area contributed by atoms with Gasteiger partial charge in [-0.15, -0.1) is 12.4 Å². The fourth-order valence-corrected chi connectivity index (χ4v) is 7.52. The molecule has 0 spiro atoms. The summed E-state index contributed by atoms with van der Waals surface area (Å²) in [5, 5.41) is 19.0. The molecule has 0 radical (unpaired) electrons. The quantitative estimate of drug-likeness (QED) is 0.0904. The van der Waals surface area contributed by atoms with E-state index in [0.717, 1.165) is 54.5 Å². The first-order valence-electron chi connectivity index (χ1n) is 17.7. The van der Waals surface area contributed by atoms with Crippen molar-refractivity contribution in [2.24, 2.45) is 0 Å². The molecule has 4 N–H and O–H groups in total. The minimum Gasteiger partial charge on any atom is -0.497 e. The maximum Gasteiger partial charge on any atom is 0.237 e. The Balaban J connectivity index is 0.00000583. The van der Waals surface area contributed by atoms with Gasteiger partial charge >= 0.3 is 0 Å². The van der Waals surface area contributed by atoms with Crippen molar-refractivity contribution in [3.8, 4) is 5.75 Å². The zero-order valence-electron chi connectivity index (χ0n) is 29.6. The fraction of sp³-hybridized carbons (Fsp3) is 0.381. The number of aryl methyl sites for hydroxylation is 1. The van der Waals surface area contributed by atoms with Crippen LogP contribution in [0, 0.1) is 5.82 Å². The van der Waals surface area contributed by atoms with E-state index in [-0.39, 0.29) is 48.6 Å². The Labute approximate surface area is 307 Å². The lowest BCUT2D eigenvalue weighted by Gasteiger charge is -2.42. The number of methoxy groups -OCH3 is 1. The van der Waals surface area contributed by atoms with Crippen molar-refractivity contribution in [3.63, 3.8) is 0 Å². The Kier molecular flexibility index (Phi) is 14.6. The van der Waals surface area contributed by atoms with Gasteiger partial charge in [0, 0.05) is 30.5 Å². The van der Waals surface area contributed by atoms with Crippen molar-refractivity contribution < 1.29 is 23.8 Å². The van der Waals surface area contributed by atoms with Gasteiger partial charge in [0.1, 0.15) is 11.6 Å². The van der Waals surface area contributed by atoms with Crippen LogP contribution in [0.5, 0.6) is 5.75 Å². The number of carbonyl (C=O) groups is 2. The lowest BCUT2D eigenvalue weighted by molar-refractivity contribution is -0.124. The van der Waals surface area contributed by atoms with Crippen molar-refractivity contribution in [1.29, 1.82) is 0 Å². The first-order valence-corrected chi connectivity index (χ1v) is 17.7. The molecule has 2 amide bonds. The van der Waals surface area contributed by atoms with Crippen LogP contribution in [0.2, 0.25) is 0 Å². The summed E-state index contributed by atoms with van der Waals surface area (Å²) >= 11 is 0. The van der Waals surface area contributed by atoms with Gasteiger partial charge in [0.2, 0.25) is 11.8 Å². The van der Waals surface area contributed by atoms with E-state index in [0.29, 0.717) is 25.8 Å². The zero-order chi connectivity index (χ0) is 35.4. The van der Waals surface area contributed by atoms with Gasteiger partial charge in [0.15, 0.2) is 0 Å². The van der Waals surface area contributed by atoms with E-state index in [1.54, 1.807) is 19.2 Å². The number of aliphatic hydroxyl groups is 1. The summed E-state index contributed by atoms with van der Waals surface area (Å²) in [6, 6.07) is 33.2. The molecule has 0 bridgehead atoms. The summed E-state index contributed by atoms with van der Waals surface area (Å²) in [6.45, 7) is 2.84. The molecule has 1 heterocycles. The SMILES string of the molecule is COc1ccc2c(c1)C(C)(CCCC(CCCNC(=O)CCc1ccc(F)cc1)(c1ccccc1)c1ccccc1)NC(C(=O)NCCO)C2.Cl. The lowest BCUT2D eigenvalue weighted by Crippen LogP contribution is -2.57. The molecule has 0 saturated heterocycles. The molecular formula is C42H51ClFN3O4. The molecule has 2 unspecified atom stereocenters. The molecular weight excluding hydrogens is 665 g/mol. The van der Waals surface area contributed by atoms with Crippen LogP contribution in [0.1, 0.15) is 73.3 Å². The predicted octanol–water partition coefficient (Wildman–Crippen LogP) is 6.78. The van der Waals surface area contributed by atoms with Gasteiger partial charge in [0.05, 0.1) is 19.8 Å². The first kappa shape index (κ1) is 39.5. The number of halogens is 2. The number of nitrogens with one attached hydrogen (secondary N) is 3. The second kappa shape index (κ2) is 18.8. The smallest absolute Gasteiger partial charge is 0.237 e. The Bertz CT molecular complexity index is 1650. The molecule has 5 rings (SSSR count). The fourth-order valence-electron chi connectivity index (χ4n) is 7.52. The van der Waals surface area contributed by atoms with Gasteiger partial charge in [-0.25, -0.2) is 4.39 Å². The van der Waals surface area contributed by atoms with Crippen LogP contribution in [0.4, 0.5) is 4.39 Å². The van der Waals surface area contributed by atoms with Crippen LogP contribution >= 0.6 is 12.4 Å². The van der Waals surface area contributed by atoms with Crippen LogP contribution in [0.25, 0.3) is 0 Å². The molecule has 0 saturated carbocycles. The first-order chi connectivity index (χ1) is 24.3. The second-order valence-electron chi connectivity index (χ2n) is 13.5. The van der Waals surface area contributed by atoms with Crippen LogP contribution in [0.15, 0.2) is 103 Å². The van der Waals surface area contributed by atoms with Crippen molar-refractivity contribution in [3.05, 3.63) is 137 Å². The largest absolute Gasteiger partial charge is 0.497 e. The highest BCUT2D eigenvalue weighted by Crippen LogP contribution is 2.44. The molecule has 51 heavy (non-hydrogen) atoms. The van der Waals surface area contributed by atoms with E-state index in [4.69, 9.17) is 4.74 Å². The van der Waals surface area contributed by atoms with Gasteiger partial charge < -0.3 is 20.5 Å². The number of carbonyl (C=O) groups excluding carboxylic acids is 2. The number of hydrogen-bond donors (Lipinski definition) is 4. The van der Waals surface area contributed by atoms with E-state index < -0.39 is 11.6 Å². The Morgan fingerprint density at radius 3 is 2.18 bits per heavy atom. The highest BCUT2D eigenvalue weighted by atomic mass is 35.5. The average Bonchev–Trinajstić information content (AvgIpc) is 3.15. The molecule has 1 aliphatic heterocycles. The number of fused-ring (bicyclic) bond motifs is 1. The van der Waals surface area contributed by atoms with Crippen LogP contribution < -0.4 is 20.7 Å². The summed E-state index contributed by atoms with van der Waals surface area (Å²) in [7, 11) is 1.67. The summed E-state index contributed by atoms with van der Waals surface area (Å²) in [5.74, 6) is 0.373. The highest BCUT2D eigenvalue weighted by molar-refractivity contribution is 5.85. The summed E-state index contributed by atoms with van der Waals surface area (Å²) in [4.78, 5) is 25.9. The number of ether oxygens (including phenoxy) is 1.